The Hall–Kier alpha value is -3.85. The van der Waals surface area contributed by atoms with Gasteiger partial charge >= 0.3 is 0 Å². The topological polar surface area (TPSA) is 86.8 Å². The number of nitrogens with one attached hydrogen (secondary N) is 1. The van der Waals surface area contributed by atoms with E-state index in [2.05, 4.69) is 5.32 Å². The number of sulfonamides is 1. The maximum absolute atomic E-state index is 14.4. The van der Waals surface area contributed by atoms with Gasteiger partial charge in [-0.25, -0.2) is 8.42 Å². The molecule has 4 aromatic rings. The quantitative estimate of drug-likeness (QED) is 0.198. The lowest BCUT2D eigenvalue weighted by Gasteiger charge is -2.34. The zero-order chi connectivity index (χ0) is 31.0. The van der Waals surface area contributed by atoms with Crippen molar-refractivity contribution in [1.29, 1.82) is 0 Å². The smallest absolute Gasteiger partial charge is 0.264 e. The molecule has 0 aromatic heterocycles. The van der Waals surface area contributed by atoms with Crippen LogP contribution in [0.15, 0.2) is 108 Å². The van der Waals surface area contributed by atoms with Gasteiger partial charge in [-0.1, -0.05) is 96.0 Å². The van der Waals surface area contributed by atoms with E-state index in [4.69, 9.17) is 23.2 Å². The van der Waals surface area contributed by atoms with E-state index in [9.17, 15) is 18.0 Å². The van der Waals surface area contributed by atoms with Gasteiger partial charge in [0, 0.05) is 24.5 Å². The molecule has 7 nitrogen and oxygen atoms in total. The number of hydrogen-bond acceptors (Lipinski definition) is 4. The average Bonchev–Trinajstić information content (AvgIpc) is 3.00. The molecule has 2 amide bonds. The number of rotatable bonds is 12. The van der Waals surface area contributed by atoms with E-state index in [0.29, 0.717) is 11.6 Å². The van der Waals surface area contributed by atoms with Crippen molar-refractivity contribution in [2.45, 2.75) is 37.8 Å². The first-order chi connectivity index (χ1) is 20.6. The lowest BCUT2D eigenvalue weighted by atomic mass is 10.0. The highest BCUT2D eigenvalue weighted by molar-refractivity contribution is 7.92. The first kappa shape index (κ1) is 32.1. The second kappa shape index (κ2) is 14.6. The number of benzene rings is 4. The van der Waals surface area contributed by atoms with E-state index >= 15 is 0 Å². The Bertz CT molecular complexity index is 1670. The normalized spacial score (nSPS) is 11.9. The van der Waals surface area contributed by atoms with Gasteiger partial charge in [0.05, 0.1) is 15.6 Å². The number of hydrogen-bond donors (Lipinski definition) is 1. The highest BCUT2D eigenvalue weighted by Gasteiger charge is 2.35. The van der Waals surface area contributed by atoms with Crippen molar-refractivity contribution in [2.75, 3.05) is 17.4 Å². The molecule has 224 valence electrons. The van der Waals surface area contributed by atoms with Crippen LogP contribution in [0.2, 0.25) is 10.0 Å². The first-order valence-corrected chi connectivity index (χ1v) is 16.0. The van der Waals surface area contributed by atoms with Crippen LogP contribution in [0, 0.1) is 6.92 Å². The fourth-order valence-electron chi connectivity index (χ4n) is 4.73. The molecule has 0 bridgehead atoms. The number of carbonyl (C=O) groups excluding carboxylic acids is 2. The molecule has 1 N–H and O–H groups in total. The second-order valence-corrected chi connectivity index (χ2v) is 12.7. The van der Waals surface area contributed by atoms with Crippen molar-refractivity contribution in [3.63, 3.8) is 0 Å². The molecule has 0 fully saturated rings. The highest BCUT2D eigenvalue weighted by Crippen LogP contribution is 2.33. The van der Waals surface area contributed by atoms with Crippen LogP contribution >= 0.6 is 23.2 Å². The highest BCUT2D eigenvalue weighted by atomic mass is 35.5. The Morgan fingerprint density at radius 2 is 1.49 bits per heavy atom. The fourth-order valence-corrected chi connectivity index (χ4v) is 6.75. The Balaban J connectivity index is 1.82. The van der Waals surface area contributed by atoms with Crippen molar-refractivity contribution in [2.24, 2.45) is 0 Å². The predicted octanol–water partition coefficient (Wildman–Crippen LogP) is 6.27. The van der Waals surface area contributed by atoms with E-state index in [0.717, 1.165) is 21.0 Å². The summed E-state index contributed by atoms with van der Waals surface area (Å²) in [4.78, 5) is 29.4. The van der Waals surface area contributed by atoms with Gasteiger partial charge in [0.25, 0.3) is 10.0 Å². The third-order valence-corrected chi connectivity index (χ3v) is 9.32. The van der Waals surface area contributed by atoms with Gasteiger partial charge in [0.15, 0.2) is 0 Å². The van der Waals surface area contributed by atoms with Crippen LogP contribution < -0.4 is 9.62 Å². The van der Waals surface area contributed by atoms with Crippen molar-refractivity contribution in [3.8, 4) is 0 Å². The summed E-state index contributed by atoms with van der Waals surface area (Å²) in [5.74, 6) is -0.906. The summed E-state index contributed by atoms with van der Waals surface area (Å²) in [6.07, 6.45) is 0.234. The summed E-state index contributed by atoms with van der Waals surface area (Å²) >= 11 is 12.6. The molecule has 0 saturated carbocycles. The van der Waals surface area contributed by atoms with Gasteiger partial charge in [-0.15, -0.1) is 0 Å². The summed E-state index contributed by atoms with van der Waals surface area (Å²) in [5.41, 5.74) is 2.72. The standard InChI is InChI=1S/C33H33Cl2N3O4S/c1-3-36-33(40)31(20-25-13-6-4-7-14-25)37(22-26-15-11-10-12-24(26)2)32(39)23-38(30-19-18-27(34)21-29(30)35)43(41,42)28-16-8-5-9-17-28/h4-19,21,31H,3,20,22-23H2,1-2H3,(H,36,40)/t31-/m0/s1. The predicted molar refractivity (Wildman–Crippen MR) is 172 cm³/mol. The summed E-state index contributed by atoms with van der Waals surface area (Å²) in [5, 5.41) is 3.24. The number of anilines is 1. The number of aryl methyl sites for hydroxylation is 1. The SMILES string of the molecule is CCNC(=O)[C@H](Cc1ccccc1)N(Cc1ccccc1C)C(=O)CN(c1ccc(Cl)cc1Cl)S(=O)(=O)c1ccccc1. The van der Waals surface area contributed by atoms with Crippen LogP contribution in [-0.2, 0) is 32.6 Å². The van der Waals surface area contributed by atoms with Gasteiger partial charge in [0.2, 0.25) is 11.8 Å². The average molecular weight is 639 g/mol. The van der Waals surface area contributed by atoms with Crippen molar-refractivity contribution in [3.05, 3.63) is 130 Å². The largest absolute Gasteiger partial charge is 0.355 e. The minimum Gasteiger partial charge on any atom is -0.355 e. The van der Waals surface area contributed by atoms with E-state index < -0.39 is 28.5 Å². The molecule has 0 spiro atoms. The van der Waals surface area contributed by atoms with Gasteiger partial charge in [-0.05, 0) is 60.9 Å². The molecule has 0 unspecified atom stereocenters. The van der Waals surface area contributed by atoms with Crippen LogP contribution in [0.3, 0.4) is 0 Å². The number of likely N-dealkylation sites (N-methyl/N-ethyl adjacent to an activating group) is 1. The first-order valence-electron chi connectivity index (χ1n) is 13.8. The summed E-state index contributed by atoms with van der Waals surface area (Å²) in [7, 11) is -4.26. The van der Waals surface area contributed by atoms with Crippen molar-refractivity contribution < 1.29 is 18.0 Å². The van der Waals surface area contributed by atoms with E-state index in [-0.39, 0.29) is 34.5 Å². The zero-order valence-corrected chi connectivity index (χ0v) is 26.2. The third-order valence-electron chi connectivity index (χ3n) is 7.01. The van der Waals surface area contributed by atoms with E-state index in [1.165, 1.54) is 35.2 Å². The van der Waals surface area contributed by atoms with Crippen molar-refractivity contribution in [1.82, 2.24) is 10.2 Å². The van der Waals surface area contributed by atoms with Crippen LogP contribution in [0.5, 0.6) is 0 Å². The molecule has 4 rings (SSSR count). The van der Waals surface area contributed by atoms with E-state index in [1.807, 2.05) is 68.4 Å². The Morgan fingerprint density at radius 3 is 2.12 bits per heavy atom. The lowest BCUT2D eigenvalue weighted by Crippen LogP contribution is -2.53. The van der Waals surface area contributed by atoms with Gasteiger partial charge in [-0.2, -0.15) is 0 Å². The van der Waals surface area contributed by atoms with Crippen LogP contribution in [0.25, 0.3) is 0 Å². The molecule has 0 aliphatic carbocycles. The molecule has 0 aliphatic rings. The number of amides is 2. The fraction of sp³-hybridized carbons (Fsp3) is 0.212. The molecule has 4 aromatic carbocycles. The van der Waals surface area contributed by atoms with Crippen molar-refractivity contribution >= 4 is 50.7 Å². The molecular weight excluding hydrogens is 605 g/mol. The molecule has 43 heavy (non-hydrogen) atoms. The van der Waals surface area contributed by atoms with Crippen LogP contribution in [-0.4, -0.2) is 44.3 Å². The summed E-state index contributed by atoms with van der Waals surface area (Å²) in [6.45, 7) is 3.59. The Labute approximate surface area is 263 Å². The molecule has 0 radical (unpaired) electrons. The van der Waals surface area contributed by atoms with Crippen LogP contribution in [0.4, 0.5) is 5.69 Å². The number of carbonyl (C=O) groups is 2. The molecular formula is C33H33Cl2N3O4S. The number of nitrogens with zero attached hydrogens (tertiary/aromatic N) is 2. The molecule has 0 heterocycles. The van der Waals surface area contributed by atoms with Gasteiger partial charge in [0.1, 0.15) is 12.6 Å². The maximum atomic E-state index is 14.4. The summed E-state index contributed by atoms with van der Waals surface area (Å²) < 4.78 is 29.0. The second-order valence-electron chi connectivity index (χ2n) is 9.97. The molecule has 0 aliphatic heterocycles. The monoisotopic (exact) mass is 637 g/mol. The zero-order valence-electron chi connectivity index (χ0n) is 23.9. The lowest BCUT2D eigenvalue weighted by molar-refractivity contribution is -0.140. The minimum absolute atomic E-state index is 0.0103. The Morgan fingerprint density at radius 1 is 0.860 bits per heavy atom. The molecule has 1 atom stereocenters. The van der Waals surface area contributed by atoms with Gasteiger partial charge in [-0.3, -0.25) is 13.9 Å². The summed E-state index contributed by atoms with van der Waals surface area (Å²) in [6, 6.07) is 28.3. The maximum Gasteiger partial charge on any atom is 0.264 e. The van der Waals surface area contributed by atoms with Crippen LogP contribution in [0.1, 0.15) is 23.6 Å². The molecule has 0 saturated heterocycles. The van der Waals surface area contributed by atoms with Gasteiger partial charge < -0.3 is 10.2 Å². The number of halogens is 2. The molecule has 10 heteroatoms. The minimum atomic E-state index is -4.26. The third kappa shape index (κ3) is 7.96. The Kier molecular flexibility index (Phi) is 10.9. The van der Waals surface area contributed by atoms with E-state index in [1.54, 1.807) is 18.2 Å².